The van der Waals surface area contributed by atoms with Crippen LogP contribution in [0.3, 0.4) is 0 Å². The molecule has 54 heavy (non-hydrogen) atoms. The lowest BCUT2D eigenvalue weighted by Crippen LogP contribution is -2.59. The van der Waals surface area contributed by atoms with Gasteiger partial charge >= 0.3 is 0 Å². The van der Waals surface area contributed by atoms with Crippen LogP contribution < -0.4 is 10.6 Å². The van der Waals surface area contributed by atoms with Crippen molar-refractivity contribution in [3.05, 3.63) is 35.6 Å². The van der Waals surface area contributed by atoms with E-state index in [0.29, 0.717) is 6.42 Å². The van der Waals surface area contributed by atoms with Crippen LogP contribution in [0.5, 0.6) is 0 Å². The van der Waals surface area contributed by atoms with E-state index in [1.165, 1.54) is 50.3 Å². The number of hydrogen-bond donors (Lipinski definition) is 3. The number of likely N-dealkylation sites (N-methyl/N-ethyl adjacent to an activating group) is 2. The minimum Gasteiger partial charge on any atom is -0.391 e. The first-order valence-corrected chi connectivity index (χ1v) is 19.1. The number of Topliss-reactive ketones (excluding diaryl/α,β-unsaturated/α-hetero) is 1. The summed E-state index contributed by atoms with van der Waals surface area (Å²) < 4.78 is 25.1. The van der Waals surface area contributed by atoms with Crippen LogP contribution in [0, 0.1) is 29.5 Å². The maximum absolute atomic E-state index is 14.2. The summed E-state index contributed by atoms with van der Waals surface area (Å²) in [6, 6.07) is 1.68. The standard InChI is InChI=1S/C40H66FN5O8/c1-14-24(6)35(45(11)40(52)33(22(2)3)43-39(51)34(23(4)5)44(9)10)31(53-12)20-32(48)46-21-29(47)19-30(46)37(54-13)25(7)38(50)42-26(8)36(49)27-15-17-28(41)18-16-27/h15-18,22-26,29-31,33-35,37,47H,14,19-21H2,1-13H3,(H,42,50)(H,43,51)/t24?,25-,26+,29+,30+,31-,33+,34+,35+,37-/m1/s1. The van der Waals surface area contributed by atoms with Crippen LogP contribution in [0.1, 0.15) is 85.0 Å². The number of carbonyl (C=O) groups is 5. The van der Waals surface area contributed by atoms with Gasteiger partial charge in [-0.2, -0.15) is 0 Å². The summed E-state index contributed by atoms with van der Waals surface area (Å²) in [6.07, 6.45) is -1.72. The number of amides is 4. The molecule has 1 aliphatic heterocycles. The Labute approximate surface area is 321 Å². The van der Waals surface area contributed by atoms with Crippen LogP contribution in [0.4, 0.5) is 4.39 Å². The Morgan fingerprint density at radius 2 is 1.50 bits per heavy atom. The van der Waals surface area contributed by atoms with Gasteiger partial charge in [0.2, 0.25) is 23.6 Å². The zero-order valence-electron chi connectivity index (χ0n) is 34.6. The highest BCUT2D eigenvalue weighted by atomic mass is 19.1. The van der Waals surface area contributed by atoms with Crippen LogP contribution in [-0.2, 0) is 28.7 Å². The topological polar surface area (TPSA) is 158 Å². The Kier molecular flexibility index (Phi) is 18.2. The second kappa shape index (κ2) is 21.0. The molecule has 1 aromatic carbocycles. The molecule has 1 fully saturated rings. The van der Waals surface area contributed by atoms with Crippen LogP contribution in [-0.4, -0.2) is 140 Å². The first-order valence-electron chi connectivity index (χ1n) is 19.1. The van der Waals surface area contributed by atoms with Crippen LogP contribution in [0.25, 0.3) is 0 Å². The first-order chi connectivity index (χ1) is 25.2. The van der Waals surface area contributed by atoms with Gasteiger partial charge in [-0.1, -0.05) is 54.9 Å². The molecular weight excluding hydrogens is 697 g/mol. The summed E-state index contributed by atoms with van der Waals surface area (Å²) in [5, 5.41) is 16.5. The van der Waals surface area contributed by atoms with Gasteiger partial charge in [0.05, 0.1) is 54.8 Å². The van der Waals surface area contributed by atoms with E-state index >= 15 is 0 Å². The van der Waals surface area contributed by atoms with E-state index in [-0.39, 0.29) is 60.4 Å². The van der Waals surface area contributed by atoms with E-state index in [9.17, 15) is 33.5 Å². The number of likely N-dealkylation sites (tertiary alicyclic amines) is 1. The molecule has 0 saturated carbocycles. The maximum atomic E-state index is 14.2. The highest BCUT2D eigenvalue weighted by Gasteiger charge is 2.45. The van der Waals surface area contributed by atoms with Crippen molar-refractivity contribution in [2.45, 2.75) is 123 Å². The molecule has 1 unspecified atom stereocenters. The minimum absolute atomic E-state index is 0.0146. The molecule has 0 bridgehead atoms. The molecule has 2 rings (SSSR count). The third kappa shape index (κ3) is 11.8. The number of aliphatic hydroxyl groups is 1. The van der Waals surface area contributed by atoms with Crippen molar-refractivity contribution in [2.75, 3.05) is 41.9 Å². The molecule has 1 aromatic rings. The van der Waals surface area contributed by atoms with Gasteiger partial charge < -0.3 is 35.0 Å². The predicted molar refractivity (Wildman–Crippen MR) is 205 cm³/mol. The lowest BCUT2D eigenvalue weighted by molar-refractivity contribution is -0.148. The monoisotopic (exact) mass is 763 g/mol. The molecule has 10 atom stereocenters. The number of aliphatic hydroxyl groups excluding tert-OH is 1. The van der Waals surface area contributed by atoms with Crippen molar-refractivity contribution in [2.24, 2.45) is 23.7 Å². The molecule has 0 spiro atoms. The van der Waals surface area contributed by atoms with Gasteiger partial charge in [-0.05, 0) is 69.5 Å². The fraction of sp³-hybridized carbons (Fsp3) is 0.725. The summed E-state index contributed by atoms with van der Waals surface area (Å²) in [7, 11) is 8.26. The molecule has 1 heterocycles. The van der Waals surface area contributed by atoms with E-state index in [4.69, 9.17) is 9.47 Å². The zero-order chi connectivity index (χ0) is 41.2. The summed E-state index contributed by atoms with van der Waals surface area (Å²) in [5.74, 6) is -3.36. The Morgan fingerprint density at radius 1 is 0.907 bits per heavy atom. The molecular formula is C40H66FN5O8. The smallest absolute Gasteiger partial charge is 0.245 e. The van der Waals surface area contributed by atoms with Gasteiger partial charge in [-0.15, -0.1) is 0 Å². The fourth-order valence-corrected chi connectivity index (χ4v) is 7.68. The Hall–Kier alpha value is -3.46. The molecule has 1 saturated heterocycles. The number of ether oxygens (including phenoxy) is 2. The van der Waals surface area contributed by atoms with Gasteiger partial charge in [-0.25, -0.2) is 4.39 Å². The average molecular weight is 764 g/mol. The van der Waals surface area contributed by atoms with Crippen LogP contribution in [0.15, 0.2) is 24.3 Å². The van der Waals surface area contributed by atoms with Crippen molar-refractivity contribution in [1.29, 1.82) is 0 Å². The van der Waals surface area contributed by atoms with E-state index in [1.807, 2.05) is 60.5 Å². The summed E-state index contributed by atoms with van der Waals surface area (Å²) >= 11 is 0. The Bertz CT molecular complexity index is 1400. The zero-order valence-corrected chi connectivity index (χ0v) is 34.6. The number of rotatable bonds is 20. The van der Waals surface area contributed by atoms with Gasteiger partial charge in [0.1, 0.15) is 11.9 Å². The first kappa shape index (κ1) is 46.7. The van der Waals surface area contributed by atoms with Crippen molar-refractivity contribution >= 4 is 29.4 Å². The van der Waals surface area contributed by atoms with E-state index < -0.39 is 71.9 Å². The molecule has 3 N–H and O–H groups in total. The number of β-amino-alcohol motifs (C(OH)–C–C–N with tert-alkyl or cyclic N) is 1. The van der Waals surface area contributed by atoms with Crippen LogP contribution in [0.2, 0.25) is 0 Å². The Balaban J connectivity index is 2.30. The van der Waals surface area contributed by atoms with Gasteiger partial charge in [0.15, 0.2) is 5.78 Å². The third-order valence-electron chi connectivity index (χ3n) is 10.8. The number of methoxy groups -OCH3 is 2. The minimum atomic E-state index is -0.914. The molecule has 13 nitrogen and oxygen atoms in total. The molecule has 4 amide bonds. The quantitative estimate of drug-likeness (QED) is 0.170. The number of benzene rings is 1. The highest BCUT2D eigenvalue weighted by Crippen LogP contribution is 2.30. The Morgan fingerprint density at radius 3 is 1.98 bits per heavy atom. The largest absolute Gasteiger partial charge is 0.391 e. The summed E-state index contributed by atoms with van der Waals surface area (Å²) in [6.45, 7) is 14.8. The lowest BCUT2D eigenvalue weighted by atomic mass is 9.89. The number of carbonyl (C=O) groups excluding carboxylic acids is 5. The van der Waals surface area contributed by atoms with Gasteiger partial charge in [-0.3, -0.25) is 28.9 Å². The molecule has 1 aliphatic rings. The fourth-order valence-electron chi connectivity index (χ4n) is 7.68. The van der Waals surface area contributed by atoms with Crippen molar-refractivity contribution in [3.8, 4) is 0 Å². The van der Waals surface area contributed by atoms with Gasteiger partial charge in [0, 0.05) is 33.4 Å². The van der Waals surface area contributed by atoms with Gasteiger partial charge in [0.25, 0.3) is 0 Å². The van der Waals surface area contributed by atoms with Crippen molar-refractivity contribution in [1.82, 2.24) is 25.3 Å². The van der Waals surface area contributed by atoms with E-state index in [2.05, 4.69) is 10.6 Å². The SMILES string of the molecule is CCC(C)[C@@H]([C@@H](CC(=O)N1C[C@@H](O)C[C@H]1[C@H](OC)[C@@H](C)C(=O)N[C@@H](C)C(=O)c1ccc(F)cc1)OC)N(C)C(=O)[C@@H](NC(=O)[C@H](C(C)C)N(C)C)C(C)C. The van der Waals surface area contributed by atoms with Crippen LogP contribution >= 0.6 is 0 Å². The second-order valence-electron chi connectivity index (χ2n) is 15.8. The number of nitrogens with zero attached hydrogens (tertiary/aromatic N) is 3. The summed E-state index contributed by atoms with van der Waals surface area (Å²) in [5.41, 5.74) is 0.250. The average Bonchev–Trinajstić information content (AvgIpc) is 3.50. The predicted octanol–water partition coefficient (Wildman–Crippen LogP) is 3.13. The molecule has 0 aromatic heterocycles. The number of ketones is 1. The number of hydrogen-bond acceptors (Lipinski definition) is 9. The maximum Gasteiger partial charge on any atom is 0.245 e. The normalized spacial score (nSPS) is 20.5. The third-order valence-corrected chi connectivity index (χ3v) is 10.8. The molecule has 306 valence electrons. The number of nitrogens with one attached hydrogen (secondary N) is 2. The van der Waals surface area contributed by atoms with E-state index in [1.54, 1.807) is 18.9 Å². The lowest BCUT2D eigenvalue weighted by Gasteiger charge is -2.41. The molecule has 0 radical (unpaired) electrons. The molecule has 14 heteroatoms. The van der Waals surface area contributed by atoms with E-state index in [0.717, 1.165) is 0 Å². The summed E-state index contributed by atoms with van der Waals surface area (Å²) in [4.78, 5) is 73.1. The second-order valence-corrected chi connectivity index (χ2v) is 15.8. The highest BCUT2D eigenvalue weighted by molar-refractivity contribution is 6.01. The van der Waals surface area contributed by atoms with Crippen molar-refractivity contribution in [3.63, 3.8) is 0 Å². The van der Waals surface area contributed by atoms with Crippen molar-refractivity contribution < 1.29 is 42.9 Å². The number of halogens is 1. The molecule has 0 aliphatic carbocycles.